The van der Waals surface area contributed by atoms with Crippen molar-refractivity contribution in [2.24, 2.45) is 0 Å². The standard InChI is InChI=1S/C25H19NO/c27-25(20-12-5-2-6-13-20)24-22(18-9-3-1-4-10-18)17-23-21-14-8-7-11-19(21)15-16-26(23)24/h1-14,17H,15-16H2. The first kappa shape index (κ1) is 15.8. The average molecular weight is 349 g/mol. The lowest BCUT2D eigenvalue weighted by atomic mass is 9.98. The summed E-state index contributed by atoms with van der Waals surface area (Å²) in [5, 5.41) is 0. The van der Waals surface area contributed by atoms with Gasteiger partial charge in [-0.2, -0.15) is 0 Å². The van der Waals surface area contributed by atoms with E-state index in [0.29, 0.717) is 0 Å². The summed E-state index contributed by atoms with van der Waals surface area (Å²) in [6.45, 7) is 0.826. The Hall–Kier alpha value is -3.39. The molecule has 0 N–H and O–H groups in total. The van der Waals surface area contributed by atoms with Crippen LogP contribution >= 0.6 is 0 Å². The van der Waals surface area contributed by atoms with Crippen LogP contribution in [0, 0.1) is 0 Å². The molecule has 1 aliphatic heterocycles. The average Bonchev–Trinajstić information content (AvgIpc) is 3.14. The molecule has 0 aliphatic carbocycles. The second kappa shape index (κ2) is 6.40. The van der Waals surface area contributed by atoms with Crippen molar-refractivity contribution in [3.63, 3.8) is 0 Å². The molecule has 130 valence electrons. The van der Waals surface area contributed by atoms with Crippen molar-refractivity contribution in [2.75, 3.05) is 0 Å². The van der Waals surface area contributed by atoms with Gasteiger partial charge < -0.3 is 4.57 Å². The fraction of sp³-hybridized carbons (Fsp3) is 0.0800. The number of hydrogen-bond donors (Lipinski definition) is 0. The normalized spacial score (nSPS) is 12.3. The maximum Gasteiger partial charge on any atom is 0.210 e. The zero-order valence-corrected chi connectivity index (χ0v) is 14.9. The fourth-order valence-corrected chi connectivity index (χ4v) is 4.03. The number of rotatable bonds is 3. The first-order chi connectivity index (χ1) is 13.3. The highest BCUT2D eigenvalue weighted by atomic mass is 16.1. The number of carbonyl (C=O) groups excluding carboxylic acids is 1. The quantitative estimate of drug-likeness (QED) is 0.441. The molecule has 1 aromatic heterocycles. The van der Waals surface area contributed by atoms with Gasteiger partial charge in [-0.1, -0.05) is 84.9 Å². The van der Waals surface area contributed by atoms with Gasteiger partial charge in [0.25, 0.3) is 0 Å². The van der Waals surface area contributed by atoms with Gasteiger partial charge in [0.2, 0.25) is 5.78 Å². The molecule has 0 saturated carbocycles. The maximum absolute atomic E-state index is 13.5. The van der Waals surface area contributed by atoms with Crippen LogP contribution in [0.5, 0.6) is 0 Å². The van der Waals surface area contributed by atoms with Crippen LogP contribution in [-0.2, 0) is 13.0 Å². The number of ketones is 1. The molecule has 5 rings (SSSR count). The zero-order valence-electron chi connectivity index (χ0n) is 14.9. The lowest BCUT2D eigenvalue weighted by Crippen LogP contribution is -2.17. The lowest BCUT2D eigenvalue weighted by Gasteiger charge is -2.21. The number of carbonyl (C=O) groups is 1. The van der Waals surface area contributed by atoms with Crippen molar-refractivity contribution in [3.05, 3.63) is 108 Å². The van der Waals surface area contributed by atoms with Crippen molar-refractivity contribution >= 4 is 5.78 Å². The SMILES string of the molecule is O=C(c1ccccc1)c1c(-c2ccccc2)cc2n1CCc1ccccc1-2. The van der Waals surface area contributed by atoms with Crippen LogP contribution in [-0.4, -0.2) is 10.4 Å². The van der Waals surface area contributed by atoms with Gasteiger partial charge in [-0.3, -0.25) is 4.79 Å². The van der Waals surface area contributed by atoms with Crippen LogP contribution in [0.1, 0.15) is 21.6 Å². The van der Waals surface area contributed by atoms with Gasteiger partial charge in [0.15, 0.2) is 0 Å². The van der Waals surface area contributed by atoms with E-state index in [1.54, 1.807) is 0 Å². The topological polar surface area (TPSA) is 22.0 Å². The molecular weight excluding hydrogens is 330 g/mol. The van der Waals surface area contributed by atoms with Crippen molar-refractivity contribution in [2.45, 2.75) is 13.0 Å². The van der Waals surface area contributed by atoms with Crippen LogP contribution in [0.4, 0.5) is 0 Å². The Morgan fingerprint density at radius 3 is 2.19 bits per heavy atom. The van der Waals surface area contributed by atoms with Gasteiger partial charge in [0, 0.05) is 28.9 Å². The van der Waals surface area contributed by atoms with E-state index in [0.717, 1.165) is 41.0 Å². The summed E-state index contributed by atoms with van der Waals surface area (Å²) < 4.78 is 2.21. The van der Waals surface area contributed by atoms with Crippen LogP contribution in [0.3, 0.4) is 0 Å². The Morgan fingerprint density at radius 2 is 1.41 bits per heavy atom. The Labute approximate surface area is 158 Å². The summed E-state index contributed by atoms with van der Waals surface area (Å²) in [5.74, 6) is 0.0834. The third-order valence-electron chi connectivity index (χ3n) is 5.33. The number of aromatic nitrogens is 1. The Balaban J connectivity index is 1.77. The van der Waals surface area contributed by atoms with E-state index in [4.69, 9.17) is 0 Å². The van der Waals surface area contributed by atoms with Gasteiger partial charge in [0.05, 0.1) is 5.69 Å². The molecule has 2 heterocycles. The smallest absolute Gasteiger partial charge is 0.210 e. The first-order valence-electron chi connectivity index (χ1n) is 9.30. The maximum atomic E-state index is 13.5. The molecule has 0 fully saturated rings. The van der Waals surface area contributed by atoms with Gasteiger partial charge in [0.1, 0.15) is 0 Å². The molecule has 0 bridgehead atoms. The Bertz CT molecular complexity index is 1120. The second-order valence-corrected chi connectivity index (χ2v) is 6.91. The van der Waals surface area contributed by atoms with Crippen molar-refractivity contribution in [1.29, 1.82) is 0 Å². The van der Waals surface area contributed by atoms with Crippen molar-refractivity contribution in [1.82, 2.24) is 4.57 Å². The third kappa shape index (κ3) is 2.61. The summed E-state index contributed by atoms with van der Waals surface area (Å²) in [7, 11) is 0. The van der Waals surface area contributed by atoms with Gasteiger partial charge in [-0.05, 0) is 23.6 Å². The minimum Gasteiger partial charge on any atom is -0.337 e. The molecule has 3 aromatic carbocycles. The minimum atomic E-state index is 0.0834. The highest BCUT2D eigenvalue weighted by Crippen LogP contribution is 2.38. The Kier molecular flexibility index (Phi) is 3.75. The third-order valence-corrected chi connectivity index (χ3v) is 5.33. The summed E-state index contributed by atoms with van der Waals surface area (Å²) in [6, 6.07) is 30.5. The second-order valence-electron chi connectivity index (χ2n) is 6.91. The number of aryl methyl sites for hydroxylation is 1. The summed E-state index contributed by atoms with van der Waals surface area (Å²) in [5.41, 5.74) is 7.32. The molecule has 2 nitrogen and oxygen atoms in total. The molecule has 0 amide bonds. The summed E-state index contributed by atoms with van der Waals surface area (Å²) in [6.07, 6.45) is 0.946. The molecular formula is C25H19NO. The molecule has 2 heteroatoms. The molecule has 27 heavy (non-hydrogen) atoms. The highest BCUT2D eigenvalue weighted by molar-refractivity contribution is 6.12. The number of nitrogens with zero attached hydrogens (tertiary/aromatic N) is 1. The molecule has 1 aliphatic rings. The largest absolute Gasteiger partial charge is 0.337 e. The van der Waals surface area contributed by atoms with E-state index < -0.39 is 0 Å². The van der Waals surface area contributed by atoms with Crippen LogP contribution < -0.4 is 0 Å². The van der Waals surface area contributed by atoms with E-state index in [2.05, 4.69) is 47.0 Å². The fourth-order valence-electron chi connectivity index (χ4n) is 4.03. The molecule has 0 saturated heterocycles. The predicted octanol–water partition coefficient (Wildman–Crippen LogP) is 5.61. The predicted molar refractivity (Wildman–Crippen MR) is 109 cm³/mol. The minimum absolute atomic E-state index is 0.0834. The van der Waals surface area contributed by atoms with E-state index >= 15 is 0 Å². The van der Waals surface area contributed by atoms with E-state index in [9.17, 15) is 4.79 Å². The monoisotopic (exact) mass is 349 g/mol. The molecule has 0 atom stereocenters. The number of benzene rings is 3. The highest BCUT2D eigenvalue weighted by Gasteiger charge is 2.26. The van der Waals surface area contributed by atoms with Gasteiger partial charge >= 0.3 is 0 Å². The van der Waals surface area contributed by atoms with E-state index in [1.165, 1.54) is 11.1 Å². The van der Waals surface area contributed by atoms with Crippen LogP contribution in [0.2, 0.25) is 0 Å². The molecule has 4 aromatic rings. The molecule has 0 unspecified atom stereocenters. The van der Waals surface area contributed by atoms with Crippen LogP contribution in [0.25, 0.3) is 22.4 Å². The van der Waals surface area contributed by atoms with Crippen molar-refractivity contribution < 1.29 is 4.79 Å². The van der Waals surface area contributed by atoms with E-state index in [-0.39, 0.29) is 5.78 Å². The summed E-state index contributed by atoms with van der Waals surface area (Å²) >= 11 is 0. The zero-order chi connectivity index (χ0) is 18.2. The van der Waals surface area contributed by atoms with Gasteiger partial charge in [-0.25, -0.2) is 0 Å². The lowest BCUT2D eigenvalue weighted by molar-refractivity contribution is 0.103. The van der Waals surface area contributed by atoms with Crippen LogP contribution in [0.15, 0.2) is 91.0 Å². The Morgan fingerprint density at radius 1 is 0.741 bits per heavy atom. The van der Waals surface area contributed by atoms with Gasteiger partial charge in [-0.15, -0.1) is 0 Å². The summed E-state index contributed by atoms with van der Waals surface area (Å²) in [4.78, 5) is 13.5. The first-order valence-corrected chi connectivity index (χ1v) is 9.30. The van der Waals surface area contributed by atoms with E-state index in [1.807, 2.05) is 48.5 Å². The van der Waals surface area contributed by atoms with Crippen molar-refractivity contribution in [3.8, 4) is 22.4 Å². The number of hydrogen-bond acceptors (Lipinski definition) is 1. The molecule has 0 radical (unpaired) electrons. The molecule has 0 spiro atoms. The number of fused-ring (bicyclic) bond motifs is 3.